The Morgan fingerprint density at radius 1 is 1.14 bits per heavy atom. The first kappa shape index (κ1) is 19.2. The third kappa shape index (κ3) is 4.47. The molecule has 0 saturated carbocycles. The maximum atomic E-state index is 12.9. The van der Waals surface area contributed by atoms with Crippen LogP contribution in [-0.2, 0) is 9.57 Å². The normalized spacial score (nSPS) is 16.4. The van der Waals surface area contributed by atoms with Gasteiger partial charge in [0.2, 0.25) is 0 Å². The lowest BCUT2D eigenvalue weighted by Gasteiger charge is -2.22. The van der Waals surface area contributed by atoms with Crippen LogP contribution in [0.2, 0.25) is 0 Å². The van der Waals surface area contributed by atoms with Gasteiger partial charge in [-0.25, -0.2) is 15.0 Å². The maximum Gasteiger partial charge on any atom is 0.278 e. The number of para-hydroxylation sites is 1. The smallest absolute Gasteiger partial charge is 0.278 e. The summed E-state index contributed by atoms with van der Waals surface area (Å²) in [4.78, 5) is 18.3. The van der Waals surface area contributed by atoms with E-state index in [1.807, 2.05) is 54.6 Å². The number of hydrogen-bond donors (Lipinski definition) is 1. The summed E-state index contributed by atoms with van der Waals surface area (Å²) in [6, 6.07) is 17.1. The molecule has 1 N–H and O–H groups in total. The zero-order valence-electron chi connectivity index (χ0n) is 16.2. The number of nitrogens with zero attached hydrogens (tertiary/aromatic N) is 2. The lowest BCUT2D eigenvalue weighted by molar-refractivity contribution is -0.186. The van der Waals surface area contributed by atoms with Gasteiger partial charge in [-0.05, 0) is 49.2 Å². The van der Waals surface area contributed by atoms with Crippen LogP contribution in [0.5, 0.6) is 5.75 Å². The van der Waals surface area contributed by atoms with Crippen LogP contribution < -0.4 is 10.2 Å². The molecule has 150 valence electrons. The molecule has 0 radical (unpaired) electrons. The second-order valence-electron chi connectivity index (χ2n) is 6.75. The van der Waals surface area contributed by atoms with Crippen molar-refractivity contribution in [1.82, 2.24) is 15.3 Å². The van der Waals surface area contributed by atoms with Gasteiger partial charge in [0.05, 0.1) is 18.4 Å². The van der Waals surface area contributed by atoms with E-state index in [2.05, 4.69) is 10.6 Å². The molecule has 1 fully saturated rings. The monoisotopic (exact) mass is 393 g/mol. The van der Waals surface area contributed by atoms with Gasteiger partial charge in [-0.15, -0.1) is 0 Å². The molecule has 4 rings (SSSR count). The zero-order valence-corrected chi connectivity index (χ0v) is 16.2. The molecule has 7 nitrogen and oxygen atoms in total. The van der Waals surface area contributed by atoms with E-state index in [9.17, 15) is 4.79 Å². The van der Waals surface area contributed by atoms with Crippen LogP contribution >= 0.6 is 0 Å². The molecule has 3 aromatic rings. The Hall–Kier alpha value is -3.16. The van der Waals surface area contributed by atoms with Gasteiger partial charge in [0.25, 0.3) is 5.91 Å². The molecule has 2 heterocycles. The number of methoxy groups -OCH3 is 1. The van der Waals surface area contributed by atoms with Gasteiger partial charge in [0.15, 0.2) is 6.29 Å². The van der Waals surface area contributed by atoms with Crippen LogP contribution in [0.15, 0.2) is 60.8 Å². The summed E-state index contributed by atoms with van der Waals surface area (Å²) in [5.41, 5.74) is 5.16. The Kier molecular flexibility index (Phi) is 5.88. The molecule has 1 amide bonds. The summed E-state index contributed by atoms with van der Waals surface area (Å²) >= 11 is 0. The molecule has 2 aromatic carbocycles. The second kappa shape index (κ2) is 8.89. The highest BCUT2D eigenvalue weighted by Gasteiger charge is 2.21. The molecular weight excluding hydrogens is 370 g/mol. The molecule has 29 heavy (non-hydrogen) atoms. The minimum absolute atomic E-state index is 0.368. The van der Waals surface area contributed by atoms with E-state index in [-0.39, 0.29) is 5.91 Å². The maximum absolute atomic E-state index is 12.9. The van der Waals surface area contributed by atoms with Crippen molar-refractivity contribution >= 4 is 5.91 Å². The van der Waals surface area contributed by atoms with E-state index in [0.29, 0.717) is 17.9 Å². The molecule has 0 spiro atoms. The number of benzene rings is 2. The molecule has 7 heteroatoms. The van der Waals surface area contributed by atoms with Gasteiger partial charge in [0.1, 0.15) is 11.4 Å². The summed E-state index contributed by atoms with van der Waals surface area (Å²) in [6.45, 7) is 0.642. The third-order valence-corrected chi connectivity index (χ3v) is 4.76. The van der Waals surface area contributed by atoms with Crippen LogP contribution in [0.1, 0.15) is 29.6 Å². The number of carbonyl (C=O) groups excluding carboxylic acids is 1. The van der Waals surface area contributed by atoms with Crippen molar-refractivity contribution in [3.63, 3.8) is 0 Å². The summed E-state index contributed by atoms with van der Waals surface area (Å²) in [6.07, 6.45) is 4.08. The van der Waals surface area contributed by atoms with Gasteiger partial charge >= 0.3 is 0 Å². The van der Waals surface area contributed by atoms with Crippen molar-refractivity contribution in [2.45, 2.75) is 25.6 Å². The van der Waals surface area contributed by atoms with Crippen molar-refractivity contribution in [1.29, 1.82) is 0 Å². The highest BCUT2D eigenvalue weighted by atomic mass is 16.8. The summed E-state index contributed by atoms with van der Waals surface area (Å²) < 4.78 is 12.4. The highest BCUT2D eigenvalue weighted by molar-refractivity contribution is 5.99. The van der Waals surface area contributed by atoms with E-state index in [1.165, 1.54) is 0 Å². The fourth-order valence-electron chi connectivity index (χ4n) is 3.19. The van der Waals surface area contributed by atoms with Crippen molar-refractivity contribution in [3.8, 4) is 22.7 Å². The van der Waals surface area contributed by atoms with Crippen molar-refractivity contribution < 1.29 is 19.1 Å². The molecule has 0 bridgehead atoms. The standard InChI is InChI=1S/C22H23N3O4/c1-27-18-12-10-16(11-13-18)21-19(15-25(23-21)17-7-3-2-4-8-17)22(26)24-29-20-9-5-6-14-28-20/h2-4,7-8,10-13,15,20H,5-6,9,14H2,1H3,(H,24,26). The summed E-state index contributed by atoms with van der Waals surface area (Å²) in [5, 5.41) is 4.65. The lowest BCUT2D eigenvalue weighted by Crippen LogP contribution is -2.33. The molecule has 0 aliphatic carbocycles. The van der Waals surface area contributed by atoms with Gasteiger partial charge in [-0.1, -0.05) is 18.2 Å². The van der Waals surface area contributed by atoms with Crippen LogP contribution in [0.3, 0.4) is 0 Å². The predicted molar refractivity (Wildman–Crippen MR) is 108 cm³/mol. The Morgan fingerprint density at radius 2 is 1.93 bits per heavy atom. The molecule has 1 aromatic heterocycles. The Bertz CT molecular complexity index is 948. The molecule has 1 aliphatic heterocycles. The van der Waals surface area contributed by atoms with E-state index in [1.54, 1.807) is 18.0 Å². The second-order valence-corrected chi connectivity index (χ2v) is 6.75. The number of aromatic nitrogens is 2. The Balaban J connectivity index is 1.62. The van der Waals surface area contributed by atoms with Crippen molar-refractivity contribution in [3.05, 3.63) is 66.4 Å². The largest absolute Gasteiger partial charge is 0.497 e. The highest BCUT2D eigenvalue weighted by Crippen LogP contribution is 2.26. The fourth-order valence-corrected chi connectivity index (χ4v) is 3.19. The minimum Gasteiger partial charge on any atom is -0.497 e. The first-order valence-corrected chi connectivity index (χ1v) is 9.62. The van der Waals surface area contributed by atoms with Crippen molar-refractivity contribution in [2.75, 3.05) is 13.7 Å². The SMILES string of the molecule is COc1ccc(-c2nn(-c3ccccc3)cc2C(=O)NOC2CCCCO2)cc1. The topological polar surface area (TPSA) is 74.6 Å². The lowest BCUT2D eigenvalue weighted by atomic mass is 10.1. The fraction of sp³-hybridized carbons (Fsp3) is 0.273. The number of carbonyl (C=O) groups is 1. The number of amides is 1. The minimum atomic E-state index is -0.415. The quantitative estimate of drug-likeness (QED) is 0.646. The van der Waals surface area contributed by atoms with Gasteiger partial charge < -0.3 is 9.47 Å². The number of ether oxygens (including phenoxy) is 2. The van der Waals surface area contributed by atoms with Crippen LogP contribution in [0, 0.1) is 0 Å². The zero-order chi connectivity index (χ0) is 20.1. The number of hydroxylamine groups is 1. The van der Waals surface area contributed by atoms with E-state index in [4.69, 9.17) is 14.3 Å². The third-order valence-electron chi connectivity index (χ3n) is 4.76. The van der Waals surface area contributed by atoms with Gasteiger partial charge in [0, 0.05) is 24.8 Å². The molecular formula is C22H23N3O4. The average Bonchev–Trinajstić information content (AvgIpc) is 3.24. The first-order chi connectivity index (χ1) is 14.2. The number of nitrogens with one attached hydrogen (secondary N) is 1. The molecule has 1 aliphatic rings. The molecule has 1 unspecified atom stereocenters. The van der Waals surface area contributed by atoms with Gasteiger partial charge in [-0.2, -0.15) is 5.10 Å². The van der Waals surface area contributed by atoms with Crippen LogP contribution in [0.4, 0.5) is 0 Å². The Morgan fingerprint density at radius 3 is 2.62 bits per heavy atom. The van der Waals surface area contributed by atoms with Crippen molar-refractivity contribution in [2.24, 2.45) is 0 Å². The summed E-state index contributed by atoms with van der Waals surface area (Å²) in [7, 11) is 1.61. The first-order valence-electron chi connectivity index (χ1n) is 9.62. The van der Waals surface area contributed by atoms with Crippen LogP contribution in [0.25, 0.3) is 16.9 Å². The molecule has 1 saturated heterocycles. The summed E-state index contributed by atoms with van der Waals surface area (Å²) in [5.74, 6) is 0.368. The average molecular weight is 393 g/mol. The van der Waals surface area contributed by atoms with E-state index < -0.39 is 6.29 Å². The van der Waals surface area contributed by atoms with E-state index >= 15 is 0 Å². The Labute approximate surface area is 169 Å². The number of hydrogen-bond acceptors (Lipinski definition) is 5. The predicted octanol–water partition coefficient (Wildman–Crippen LogP) is 3.74. The molecule has 1 atom stereocenters. The van der Waals surface area contributed by atoms with Gasteiger partial charge in [-0.3, -0.25) is 4.79 Å². The van der Waals surface area contributed by atoms with Crippen LogP contribution in [-0.4, -0.2) is 35.7 Å². The number of rotatable bonds is 6. The van der Waals surface area contributed by atoms with E-state index in [0.717, 1.165) is 36.3 Å².